The molecule has 0 amide bonds. The molecule has 1 fully saturated rings. The van der Waals surface area contributed by atoms with E-state index in [0.717, 1.165) is 5.69 Å². The average Bonchev–Trinajstić information content (AvgIpc) is 2.36. The molecule has 0 bridgehead atoms. The van der Waals surface area contributed by atoms with Crippen LogP contribution in [0.15, 0.2) is 18.2 Å². The Hall–Kier alpha value is -1.56. The topological polar surface area (TPSA) is 35.8 Å². The van der Waals surface area contributed by atoms with Crippen LogP contribution in [0.1, 0.15) is 38.7 Å². The molecule has 0 saturated heterocycles. The van der Waals surface area contributed by atoms with E-state index in [0.29, 0.717) is 17.9 Å². The first kappa shape index (κ1) is 12.9. The van der Waals surface area contributed by atoms with Gasteiger partial charge in [0.1, 0.15) is 11.9 Å². The van der Waals surface area contributed by atoms with Crippen molar-refractivity contribution in [3.8, 4) is 6.07 Å². The Balaban J connectivity index is 2.15. The van der Waals surface area contributed by atoms with Gasteiger partial charge in [0.25, 0.3) is 0 Å². The van der Waals surface area contributed by atoms with Crippen LogP contribution in [0.3, 0.4) is 0 Å². The normalized spacial score (nSPS) is 27.6. The van der Waals surface area contributed by atoms with E-state index in [1.807, 2.05) is 6.07 Å². The number of rotatable bonds is 2. The van der Waals surface area contributed by atoms with Crippen molar-refractivity contribution in [2.45, 2.75) is 39.2 Å². The van der Waals surface area contributed by atoms with E-state index in [1.165, 1.54) is 25.3 Å². The fourth-order valence-electron chi connectivity index (χ4n) is 2.86. The second kappa shape index (κ2) is 5.39. The molecule has 0 aromatic heterocycles. The molecule has 1 aliphatic rings. The second-order valence-corrected chi connectivity index (χ2v) is 5.36. The number of hydrogen-bond acceptors (Lipinski definition) is 2. The molecule has 2 rings (SSSR count). The van der Waals surface area contributed by atoms with Crippen LogP contribution in [0.5, 0.6) is 0 Å². The molecule has 18 heavy (non-hydrogen) atoms. The zero-order chi connectivity index (χ0) is 13.1. The van der Waals surface area contributed by atoms with Crippen molar-refractivity contribution in [2.75, 3.05) is 5.32 Å². The summed E-state index contributed by atoms with van der Waals surface area (Å²) >= 11 is 0. The molecule has 1 saturated carbocycles. The van der Waals surface area contributed by atoms with Crippen molar-refractivity contribution >= 4 is 5.69 Å². The lowest BCUT2D eigenvalue weighted by molar-refractivity contribution is 0.268. The third kappa shape index (κ3) is 2.64. The largest absolute Gasteiger partial charge is 0.382 e. The number of hydrogen-bond donors (Lipinski definition) is 1. The van der Waals surface area contributed by atoms with Crippen molar-refractivity contribution in [1.82, 2.24) is 0 Å². The highest BCUT2D eigenvalue weighted by molar-refractivity contribution is 5.50. The minimum Gasteiger partial charge on any atom is -0.382 e. The van der Waals surface area contributed by atoms with E-state index in [4.69, 9.17) is 5.26 Å². The lowest BCUT2D eigenvalue weighted by Gasteiger charge is -2.35. The summed E-state index contributed by atoms with van der Waals surface area (Å²) in [6, 6.07) is 6.97. The highest BCUT2D eigenvalue weighted by atomic mass is 19.1. The number of anilines is 1. The first-order valence-corrected chi connectivity index (χ1v) is 6.58. The molecule has 2 nitrogen and oxygen atoms in total. The van der Waals surface area contributed by atoms with Crippen molar-refractivity contribution in [3.05, 3.63) is 29.6 Å². The van der Waals surface area contributed by atoms with Crippen LogP contribution in [0.2, 0.25) is 0 Å². The molecule has 1 aliphatic carbocycles. The molecule has 0 aliphatic heterocycles. The molecule has 0 heterocycles. The summed E-state index contributed by atoms with van der Waals surface area (Å²) in [5.74, 6) is 0.779. The summed E-state index contributed by atoms with van der Waals surface area (Å²) in [6.07, 6.45) is 3.75. The van der Waals surface area contributed by atoms with Gasteiger partial charge in [0, 0.05) is 11.7 Å². The summed E-state index contributed by atoms with van der Waals surface area (Å²) in [4.78, 5) is 0. The lowest BCUT2D eigenvalue weighted by Crippen LogP contribution is -2.37. The quantitative estimate of drug-likeness (QED) is 0.858. The Morgan fingerprint density at radius 1 is 1.28 bits per heavy atom. The number of benzene rings is 1. The van der Waals surface area contributed by atoms with Gasteiger partial charge in [-0.25, -0.2) is 4.39 Å². The number of nitriles is 1. The van der Waals surface area contributed by atoms with Gasteiger partial charge >= 0.3 is 0 Å². The zero-order valence-corrected chi connectivity index (χ0v) is 10.9. The SMILES string of the molecule is CC1CCCC(C)C1Nc1ccc(F)c(C#N)c1. The third-order valence-corrected chi connectivity index (χ3v) is 3.97. The van der Waals surface area contributed by atoms with E-state index >= 15 is 0 Å². The van der Waals surface area contributed by atoms with Gasteiger partial charge in [0.2, 0.25) is 0 Å². The first-order valence-electron chi connectivity index (χ1n) is 6.58. The summed E-state index contributed by atoms with van der Waals surface area (Å²) in [6.45, 7) is 4.50. The standard InChI is InChI=1S/C15H19FN2/c1-10-4-3-5-11(2)15(10)18-13-6-7-14(16)12(8-13)9-17/h6-8,10-11,15,18H,3-5H2,1-2H3. The number of nitrogens with one attached hydrogen (secondary N) is 1. The average molecular weight is 246 g/mol. The van der Waals surface area contributed by atoms with E-state index in [9.17, 15) is 4.39 Å². The fraction of sp³-hybridized carbons (Fsp3) is 0.533. The fourth-order valence-corrected chi connectivity index (χ4v) is 2.86. The van der Waals surface area contributed by atoms with Gasteiger partial charge in [-0.2, -0.15) is 5.26 Å². The van der Waals surface area contributed by atoms with Gasteiger partial charge in [0.15, 0.2) is 0 Å². The second-order valence-electron chi connectivity index (χ2n) is 5.36. The summed E-state index contributed by atoms with van der Waals surface area (Å²) in [7, 11) is 0. The van der Waals surface area contributed by atoms with E-state index in [-0.39, 0.29) is 5.56 Å². The Morgan fingerprint density at radius 3 is 2.56 bits per heavy atom. The number of nitrogens with zero attached hydrogens (tertiary/aromatic N) is 1. The predicted octanol–water partition coefficient (Wildman–Crippen LogP) is 3.93. The van der Waals surface area contributed by atoms with Gasteiger partial charge in [-0.05, 0) is 42.9 Å². The van der Waals surface area contributed by atoms with Gasteiger partial charge in [-0.3, -0.25) is 0 Å². The maximum Gasteiger partial charge on any atom is 0.141 e. The van der Waals surface area contributed by atoms with Crippen LogP contribution in [-0.2, 0) is 0 Å². The molecule has 2 atom stereocenters. The van der Waals surface area contributed by atoms with Crippen molar-refractivity contribution in [3.63, 3.8) is 0 Å². The van der Waals surface area contributed by atoms with Crippen LogP contribution in [0.4, 0.5) is 10.1 Å². The highest BCUT2D eigenvalue weighted by Gasteiger charge is 2.27. The highest BCUT2D eigenvalue weighted by Crippen LogP contribution is 2.31. The third-order valence-electron chi connectivity index (χ3n) is 3.97. The van der Waals surface area contributed by atoms with Crippen LogP contribution in [0, 0.1) is 29.0 Å². The molecular weight excluding hydrogens is 227 g/mol. The molecule has 2 unspecified atom stereocenters. The maximum atomic E-state index is 13.3. The van der Waals surface area contributed by atoms with Crippen molar-refractivity contribution in [2.24, 2.45) is 11.8 Å². The molecule has 1 aromatic carbocycles. The van der Waals surface area contributed by atoms with Gasteiger partial charge in [-0.15, -0.1) is 0 Å². The van der Waals surface area contributed by atoms with Gasteiger partial charge < -0.3 is 5.32 Å². The van der Waals surface area contributed by atoms with Crippen molar-refractivity contribution < 1.29 is 4.39 Å². The Morgan fingerprint density at radius 2 is 1.94 bits per heavy atom. The summed E-state index contributed by atoms with van der Waals surface area (Å²) in [5, 5.41) is 12.3. The summed E-state index contributed by atoms with van der Waals surface area (Å²) in [5.41, 5.74) is 0.953. The lowest BCUT2D eigenvalue weighted by atomic mass is 9.78. The van der Waals surface area contributed by atoms with Gasteiger partial charge in [-0.1, -0.05) is 20.3 Å². The van der Waals surface area contributed by atoms with Gasteiger partial charge in [0.05, 0.1) is 5.56 Å². The zero-order valence-electron chi connectivity index (χ0n) is 10.9. The Bertz CT molecular complexity index is 454. The van der Waals surface area contributed by atoms with E-state index in [2.05, 4.69) is 19.2 Å². The molecule has 0 radical (unpaired) electrons. The van der Waals surface area contributed by atoms with E-state index < -0.39 is 5.82 Å². The number of halogens is 1. The summed E-state index contributed by atoms with van der Waals surface area (Å²) < 4.78 is 13.3. The monoisotopic (exact) mass is 246 g/mol. The van der Waals surface area contributed by atoms with Crippen molar-refractivity contribution in [1.29, 1.82) is 5.26 Å². The first-order chi connectivity index (χ1) is 8.61. The Labute approximate surface area is 108 Å². The minimum absolute atomic E-state index is 0.108. The van der Waals surface area contributed by atoms with Crippen LogP contribution in [0.25, 0.3) is 0 Å². The predicted molar refractivity (Wildman–Crippen MR) is 70.7 cm³/mol. The molecular formula is C15H19FN2. The van der Waals surface area contributed by atoms with E-state index in [1.54, 1.807) is 12.1 Å². The van der Waals surface area contributed by atoms with Crippen LogP contribution >= 0.6 is 0 Å². The smallest absolute Gasteiger partial charge is 0.141 e. The Kier molecular flexibility index (Phi) is 3.86. The maximum absolute atomic E-state index is 13.3. The molecule has 1 aromatic rings. The molecule has 96 valence electrons. The molecule has 0 spiro atoms. The molecule has 1 N–H and O–H groups in total. The minimum atomic E-state index is -0.451. The van der Waals surface area contributed by atoms with Crippen LogP contribution < -0.4 is 5.32 Å². The van der Waals surface area contributed by atoms with Crippen LogP contribution in [-0.4, -0.2) is 6.04 Å². The molecule has 3 heteroatoms.